The van der Waals surface area contributed by atoms with Crippen molar-refractivity contribution in [3.05, 3.63) is 89.3 Å². The molecule has 0 saturated carbocycles. The maximum Gasteiger partial charge on any atom is 0.289 e. The number of carbonyl (C=O) groups is 1. The van der Waals surface area contributed by atoms with E-state index >= 15 is 0 Å². The van der Waals surface area contributed by atoms with Gasteiger partial charge in [-0.1, -0.05) is 72.7 Å². The molecule has 0 spiro atoms. The predicted octanol–water partition coefficient (Wildman–Crippen LogP) is 4.83. The molecule has 4 rings (SSSR count). The quantitative estimate of drug-likeness (QED) is 0.571. The van der Waals surface area contributed by atoms with Crippen molar-refractivity contribution >= 4 is 5.91 Å². The van der Waals surface area contributed by atoms with E-state index < -0.39 is 0 Å². The van der Waals surface area contributed by atoms with Crippen LogP contribution in [0.15, 0.2) is 71.3 Å². The minimum absolute atomic E-state index is 0.179. The molecule has 2 heterocycles. The molecule has 0 aliphatic carbocycles. The first-order valence-electron chi connectivity index (χ1n) is 11.3. The van der Waals surface area contributed by atoms with E-state index in [1.807, 2.05) is 13.0 Å². The Bertz CT molecular complexity index is 916. The summed E-state index contributed by atoms with van der Waals surface area (Å²) in [6.07, 6.45) is 3.08. The summed E-state index contributed by atoms with van der Waals surface area (Å²) < 4.78 is 5.35. The molecule has 1 aliphatic heterocycles. The molecule has 1 aromatic heterocycles. The third-order valence-corrected chi connectivity index (χ3v) is 6.06. The molecule has 3 aromatic rings. The van der Waals surface area contributed by atoms with Crippen molar-refractivity contribution in [1.82, 2.24) is 15.4 Å². The lowest BCUT2D eigenvalue weighted by molar-refractivity contribution is 0.0916. The SMILES string of the molecule is CCCNC(=O)c1cc(C2CCCN(CC(c3ccccc3)c3ccccc3)C2)no1. The van der Waals surface area contributed by atoms with Gasteiger partial charge in [-0.3, -0.25) is 4.79 Å². The number of carbonyl (C=O) groups excluding carboxylic acids is 1. The fourth-order valence-electron chi connectivity index (χ4n) is 4.41. The molecule has 31 heavy (non-hydrogen) atoms. The van der Waals surface area contributed by atoms with Crippen LogP contribution >= 0.6 is 0 Å². The molecule has 1 aliphatic rings. The average molecular weight is 418 g/mol. The Kier molecular flexibility index (Phi) is 7.15. The maximum absolute atomic E-state index is 12.2. The zero-order valence-electron chi connectivity index (χ0n) is 18.2. The molecule has 2 aromatic carbocycles. The number of piperidine rings is 1. The Hall–Kier alpha value is -2.92. The molecule has 1 unspecified atom stereocenters. The minimum Gasteiger partial charge on any atom is -0.351 e. The zero-order valence-corrected chi connectivity index (χ0v) is 18.2. The molecule has 0 bridgehead atoms. The van der Waals surface area contributed by atoms with E-state index in [1.54, 1.807) is 0 Å². The number of hydrogen-bond donors (Lipinski definition) is 1. The number of likely N-dealkylation sites (tertiary alicyclic amines) is 1. The molecule has 1 amide bonds. The normalized spacial score (nSPS) is 17.0. The largest absolute Gasteiger partial charge is 0.351 e. The summed E-state index contributed by atoms with van der Waals surface area (Å²) in [5, 5.41) is 7.09. The number of benzene rings is 2. The fourth-order valence-corrected chi connectivity index (χ4v) is 4.41. The van der Waals surface area contributed by atoms with Crippen LogP contribution < -0.4 is 5.32 Å². The highest BCUT2D eigenvalue weighted by molar-refractivity contribution is 5.91. The Morgan fingerprint density at radius 2 is 1.81 bits per heavy atom. The molecule has 1 N–H and O–H groups in total. The number of hydrogen-bond acceptors (Lipinski definition) is 4. The summed E-state index contributed by atoms with van der Waals surface area (Å²) in [7, 11) is 0. The van der Waals surface area contributed by atoms with Gasteiger partial charge in [0.25, 0.3) is 5.91 Å². The van der Waals surface area contributed by atoms with E-state index in [4.69, 9.17) is 4.52 Å². The van der Waals surface area contributed by atoms with Crippen LogP contribution in [0.2, 0.25) is 0 Å². The van der Waals surface area contributed by atoms with Gasteiger partial charge in [-0.05, 0) is 36.9 Å². The van der Waals surface area contributed by atoms with Crippen molar-refractivity contribution in [3.8, 4) is 0 Å². The van der Waals surface area contributed by atoms with Gasteiger partial charge in [0.05, 0.1) is 5.69 Å². The van der Waals surface area contributed by atoms with Crippen molar-refractivity contribution in [1.29, 1.82) is 0 Å². The van der Waals surface area contributed by atoms with E-state index in [0.29, 0.717) is 18.2 Å². The first-order chi connectivity index (χ1) is 15.2. The van der Waals surface area contributed by atoms with Crippen LogP contribution in [0.25, 0.3) is 0 Å². The van der Waals surface area contributed by atoms with Gasteiger partial charge in [0.2, 0.25) is 5.76 Å². The summed E-state index contributed by atoms with van der Waals surface area (Å²) in [5.41, 5.74) is 3.57. The topological polar surface area (TPSA) is 58.4 Å². The van der Waals surface area contributed by atoms with E-state index in [1.165, 1.54) is 11.1 Å². The molecule has 162 valence electrons. The maximum atomic E-state index is 12.2. The fraction of sp³-hybridized carbons (Fsp3) is 0.385. The van der Waals surface area contributed by atoms with Crippen LogP contribution in [-0.4, -0.2) is 42.1 Å². The second-order valence-electron chi connectivity index (χ2n) is 8.34. The van der Waals surface area contributed by atoms with E-state index in [2.05, 4.69) is 76.0 Å². The lowest BCUT2D eigenvalue weighted by Crippen LogP contribution is -2.37. The van der Waals surface area contributed by atoms with Gasteiger partial charge in [-0.25, -0.2) is 0 Å². The van der Waals surface area contributed by atoms with Crippen LogP contribution in [0.5, 0.6) is 0 Å². The molecule has 5 heteroatoms. The second kappa shape index (κ2) is 10.4. The first kappa shape index (κ1) is 21.3. The summed E-state index contributed by atoms with van der Waals surface area (Å²) >= 11 is 0. The lowest BCUT2D eigenvalue weighted by Gasteiger charge is -2.34. The Labute approximate surface area is 184 Å². The molecule has 5 nitrogen and oxygen atoms in total. The van der Waals surface area contributed by atoms with Crippen molar-refractivity contribution in [3.63, 3.8) is 0 Å². The van der Waals surface area contributed by atoms with E-state index in [-0.39, 0.29) is 11.8 Å². The molecule has 1 atom stereocenters. The Balaban J connectivity index is 1.46. The summed E-state index contributed by atoms with van der Waals surface area (Å²) in [6, 6.07) is 23.3. The lowest BCUT2D eigenvalue weighted by atomic mass is 9.88. The van der Waals surface area contributed by atoms with E-state index in [0.717, 1.165) is 44.6 Å². The average Bonchev–Trinajstić information content (AvgIpc) is 3.33. The highest BCUT2D eigenvalue weighted by Crippen LogP contribution is 2.31. The third kappa shape index (κ3) is 5.42. The van der Waals surface area contributed by atoms with Crippen LogP contribution in [0.1, 0.15) is 65.4 Å². The first-order valence-corrected chi connectivity index (χ1v) is 11.3. The van der Waals surface area contributed by atoms with Gasteiger partial charge < -0.3 is 14.7 Å². The van der Waals surface area contributed by atoms with Crippen molar-refractivity contribution < 1.29 is 9.32 Å². The van der Waals surface area contributed by atoms with Crippen LogP contribution in [0.4, 0.5) is 0 Å². The minimum atomic E-state index is -0.179. The second-order valence-corrected chi connectivity index (χ2v) is 8.34. The number of nitrogens with zero attached hydrogens (tertiary/aromatic N) is 2. The van der Waals surface area contributed by atoms with Gasteiger partial charge in [0, 0.05) is 37.5 Å². The molecule has 1 fully saturated rings. The standard InChI is InChI=1S/C26H31N3O2/c1-2-15-27-26(30)25-17-24(28-31-25)22-14-9-16-29(18-22)19-23(20-10-5-3-6-11-20)21-12-7-4-8-13-21/h3-8,10-13,17,22-23H,2,9,14-16,18-19H2,1H3,(H,27,30). The number of nitrogens with one attached hydrogen (secondary N) is 1. The van der Waals surface area contributed by atoms with Crippen LogP contribution in [0.3, 0.4) is 0 Å². The smallest absolute Gasteiger partial charge is 0.289 e. The predicted molar refractivity (Wildman–Crippen MR) is 122 cm³/mol. The van der Waals surface area contributed by atoms with Crippen molar-refractivity contribution in [2.75, 3.05) is 26.2 Å². The zero-order chi connectivity index (χ0) is 21.5. The molecular formula is C26H31N3O2. The molecular weight excluding hydrogens is 386 g/mol. The molecule has 0 radical (unpaired) electrons. The van der Waals surface area contributed by atoms with Gasteiger partial charge in [-0.2, -0.15) is 0 Å². The summed E-state index contributed by atoms with van der Waals surface area (Å²) in [6.45, 7) is 5.65. The highest BCUT2D eigenvalue weighted by atomic mass is 16.5. The number of rotatable bonds is 8. The van der Waals surface area contributed by atoms with E-state index in [9.17, 15) is 4.79 Å². The van der Waals surface area contributed by atoms with Crippen molar-refractivity contribution in [2.45, 2.75) is 38.0 Å². The van der Waals surface area contributed by atoms with Gasteiger partial charge in [-0.15, -0.1) is 0 Å². The monoisotopic (exact) mass is 417 g/mol. The number of amides is 1. The van der Waals surface area contributed by atoms with Crippen LogP contribution in [-0.2, 0) is 0 Å². The summed E-state index contributed by atoms with van der Waals surface area (Å²) in [5.74, 6) is 0.750. The van der Waals surface area contributed by atoms with Gasteiger partial charge >= 0.3 is 0 Å². The highest BCUT2D eigenvalue weighted by Gasteiger charge is 2.27. The Morgan fingerprint density at radius 1 is 1.13 bits per heavy atom. The van der Waals surface area contributed by atoms with Crippen LogP contribution in [0, 0.1) is 0 Å². The third-order valence-electron chi connectivity index (χ3n) is 6.06. The molecule has 1 saturated heterocycles. The summed E-state index contributed by atoms with van der Waals surface area (Å²) in [4.78, 5) is 14.7. The Morgan fingerprint density at radius 3 is 2.45 bits per heavy atom. The number of aromatic nitrogens is 1. The van der Waals surface area contributed by atoms with Gasteiger partial charge in [0.1, 0.15) is 0 Å². The van der Waals surface area contributed by atoms with Gasteiger partial charge in [0.15, 0.2) is 0 Å². The van der Waals surface area contributed by atoms with Crippen molar-refractivity contribution in [2.24, 2.45) is 0 Å².